The van der Waals surface area contributed by atoms with Gasteiger partial charge in [-0.2, -0.15) is 11.8 Å². The van der Waals surface area contributed by atoms with Crippen molar-refractivity contribution < 1.29 is 0 Å². The molecule has 0 radical (unpaired) electrons. The van der Waals surface area contributed by atoms with Gasteiger partial charge in [-0.1, -0.05) is 18.2 Å². The molecule has 3 rings (SSSR count). The second-order valence-corrected chi connectivity index (χ2v) is 6.95. The molecule has 2 N–H and O–H groups in total. The van der Waals surface area contributed by atoms with E-state index in [1.807, 2.05) is 11.3 Å². The van der Waals surface area contributed by atoms with Gasteiger partial charge in [-0.25, -0.2) is 0 Å². The summed E-state index contributed by atoms with van der Waals surface area (Å²) < 4.78 is 1.37. The lowest BCUT2D eigenvalue weighted by Gasteiger charge is -2.26. The first-order chi connectivity index (χ1) is 8.88. The normalized spacial score (nSPS) is 17.4. The van der Waals surface area contributed by atoms with Crippen molar-refractivity contribution in [1.29, 1.82) is 0 Å². The van der Waals surface area contributed by atoms with Crippen LogP contribution < -0.4 is 5.73 Å². The van der Waals surface area contributed by atoms with E-state index in [1.165, 1.54) is 45.1 Å². The van der Waals surface area contributed by atoms with E-state index in [0.717, 1.165) is 6.54 Å². The van der Waals surface area contributed by atoms with Crippen LogP contribution in [0, 0.1) is 0 Å². The van der Waals surface area contributed by atoms with Gasteiger partial charge in [-0.15, -0.1) is 11.3 Å². The van der Waals surface area contributed by atoms with E-state index >= 15 is 0 Å². The number of nitrogens with two attached hydrogens (primary N) is 1. The van der Waals surface area contributed by atoms with Crippen molar-refractivity contribution in [2.45, 2.75) is 13.1 Å². The average Bonchev–Trinajstić information content (AvgIpc) is 2.78. The van der Waals surface area contributed by atoms with Crippen LogP contribution in [-0.4, -0.2) is 29.5 Å². The van der Waals surface area contributed by atoms with Gasteiger partial charge in [0.2, 0.25) is 0 Å². The Morgan fingerprint density at radius 1 is 1.17 bits per heavy atom. The maximum atomic E-state index is 5.91. The molecule has 0 unspecified atom stereocenters. The van der Waals surface area contributed by atoms with Gasteiger partial charge in [0.15, 0.2) is 0 Å². The first-order valence-corrected chi connectivity index (χ1v) is 8.35. The van der Waals surface area contributed by atoms with E-state index in [-0.39, 0.29) is 0 Å². The molecular formula is C14H18N2S2. The third kappa shape index (κ3) is 2.43. The van der Waals surface area contributed by atoms with Crippen LogP contribution in [0.5, 0.6) is 0 Å². The van der Waals surface area contributed by atoms with Crippen LogP contribution in [0.25, 0.3) is 10.1 Å². The van der Waals surface area contributed by atoms with Gasteiger partial charge < -0.3 is 5.73 Å². The summed E-state index contributed by atoms with van der Waals surface area (Å²) in [5, 5.41) is 1.40. The number of thiophene rings is 1. The molecule has 0 atom stereocenters. The molecule has 2 nitrogen and oxygen atoms in total. The largest absolute Gasteiger partial charge is 0.326 e. The molecular weight excluding hydrogens is 260 g/mol. The number of benzene rings is 1. The molecule has 0 amide bonds. The SMILES string of the molecule is NCc1sc2ccccc2c1CN1CCSCC1. The van der Waals surface area contributed by atoms with Crippen LogP contribution in [0.1, 0.15) is 10.4 Å². The summed E-state index contributed by atoms with van der Waals surface area (Å²) in [4.78, 5) is 3.92. The number of fused-ring (bicyclic) bond motifs is 1. The van der Waals surface area contributed by atoms with E-state index < -0.39 is 0 Å². The summed E-state index contributed by atoms with van der Waals surface area (Å²) in [7, 11) is 0. The van der Waals surface area contributed by atoms with E-state index in [2.05, 4.69) is 40.9 Å². The fourth-order valence-corrected chi connectivity index (χ4v) is 4.54. The fourth-order valence-electron chi connectivity index (χ4n) is 2.47. The molecule has 0 saturated carbocycles. The van der Waals surface area contributed by atoms with Crippen molar-refractivity contribution in [3.63, 3.8) is 0 Å². The molecule has 2 heterocycles. The van der Waals surface area contributed by atoms with Crippen LogP contribution in [0.15, 0.2) is 24.3 Å². The van der Waals surface area contributed by atoms with Gasteiger partial charge in [0.25, 0.3) is 0 Å². The van der Waals surface area contributed by atoms with Crippen molar-refractivity contribution in [3.8, 4) is 0 Å². The van der Waals surface area contributed by atoms with Crippen LogP contribution in [0.2, 0.25) is 0 Å². The predicted octanol–water partition coefficient (Wildman–Crippen LogP) is 2.91. The highest BCUT2D eigenvalue weighted by atomic mass is 32.2. The quantitative estimate of drug-likeness (QED) is 0.936. The van der Waals surface area contributed by atoms with Crippen molar-refractivity contribution in [3.05, 3.63) is 34.7 Å². The smallest absolute Gasteiger partial charge is 0.0349 e. The zero-order chi connectivity index (χ0) is 12.4. The van der Waals surface area contributed by atoms with Gasteiger partial charge in [-0.05, 0) is 17.0 Å². The molecule has 18 heavy (non-hydrogen) atoms. The van der Waals surface area contributed by atoms with Crippen LogP contribution >= 0.6 is 23.1 Å². The minimum atomic E-state index is 0.664. The van der Waals surface area contributed by atoms with Gasteiger partial charge >= 0.3 is 0 Å². The number of rotatable bonds is 3. The van der Waals surface area contributed by atoms with Crippen molar-refractivity contribution in [2.75, 3.05) is 24.6 Å². The Morgan fingerprint density at radius 3 is 2.72 bits per heavy atom. The van der Waals surface area contributed by atoms with E-state index in [9.17, 15) is 0 Å². The van der Waals surface area contributed by atoms with Gasteiger partial charge in [0.1, 0.15) is 0 Å². The highest BCUT2D eigenvalue weighted by molar-refractivity contribution is 7.99. The Bertz CT molecular complexity index is 530. The topological polar surface area (TPSA) is 29.3 Å². The molecule has 1 aliphatic rings. The highest BCUT2D eigenvalue weighted by Gasteiger charge is 2.16. The first-order valence-electron chi connectivity index (χ1n) is 6.38. The molecule has 0 bridgehead atoms. The van der Waals surface area contributed by atoms with Gasteiger partial charge in [0.05, 0.1) is 0 Å². The predicted molar refractivity (Wildman–Crippen MR) is 82.3 cm³/mol. The average molecular weight is 278 g/mol. The monoisotopic (exact) mass is 278 g/mol. The molecule has 0 aliphatic carbocycles. The molecule has 1 saturated heterocycles. The molecule has 1 aromatic carbocycles. The number of hydrogen-bond acceptors (Lipinski definition) is 4. The standard InChI is InChI=1S/C14H18N2S2/c15-9-14-12(10-16-5-7-17-8-6-16)11-3-1-2-4-13(11)18-14/h1-4H,5-10,15H2. The van der Waals surface area contributed by atoms with Crippen molar-refractivity contribution >= 4 is 33.2 Å². The minimum Gasteiger partial charge on any atom is -0.326 e. The summed E-state index contributed by atoms with van der Waals surface area (Å²) in [5.74, 6) is 2.53. The first kappa shape index (κ1) is 12.5. The Balaban J connectivity index is 1.93. The molecule has 4 heteroatoms. The zero-order valence-corrected chi connectivity index (χ0v) is 12.0. The Kier molecular flexibility index (Phi) is 3.89. The third-order valence-electron chi connectivity index (χ3n) is 3.45. The zero-order valence-electron chi connectivity index (χ0n) is 10.4. The van der Waals surface area contributed by atoms with Gasteiger partial charge in [-0.3, -0.25) is 4.90 Å². The second kappa shape index (κ2) is 5.61. The van der Waals surface area contributed by atoms with E-state index in [4.69, 9.17) is 5.73 Å². The third-order valence-corrected chi connectivity index (χ3v) is 5.63. The molecule has 2 aromatic rings. The molecule has 1 aromatic heterocycles. The number of thioether (sulfide) groups is 1. The molecule has 96 valence electrons. The van der Waals surface area contributed by atoms with Crippen LogP contribution in [-0.2, 0) is 13.1 Å². The fraction of sp³-hybridized carbons (Fsp3) is 0.429. The summed E-state index contributed by atoms with van der Waals surface area (Å²) in [5.41, 5.74) is 7.37. The summed E-state index contributed by atoms with van der Waals surface area (Å²) in [6.45, 7) is 4.14. The Morgan fingerprint density at radius 2 is 1.94 bits per heavy atom. The highest BCUT2D eigenvalue weighted by Crippen LogP contribution is 2.32. The summed E-state index contributed by atoms with van der Waals surface area (Å²) in [6, 6.07) is 8.68. The lowest BCUT2D eigenvalue weighted by atomic mass is 10.1. The maximum absolute atomic E-state index is 5.91. The van der Waals surface area contributed by atoms with Crippen LogP contribution in [0.4, 0.5) is 0 Å². The number of nitrogens with zero attached hydrogens (tertiary/aromatic N) is 1. The van der Waals surface area contributed by atoms with Crippen LogP contribution in [0.3, 0.4) is 0 Å². The number of hydrogen-bond donors (Lipinski definition) is 1. The van der Waals surface area contributed by atoms with Gasteiger partial charge in [0, 0.05) is 47.3 Å². The van der Waals surface area contributed by atoms with Crippen molar-refractivity contribution in [2.24, 2.45) is 5.73 Å². The maximum Gasteiger partial charge on any atom is 0.0349 e. The summed E-state index contributed by atoms with van der Waals surface area (Å²) in [6.07, 6.45) is 0. The summed E-state index contributed by atoms with van der Waals surface area (Å²) >= 11 is 3.92. The Labute approximate surface area is 116 Å². The Hall–Kier alpha value is -0.550. The molecule has 1 fully saturated rings. The second-order valence-electron chi connectivity index (χ2n) is 4.59. The molecule has 1 aliphatic heterocycles. The van der Waals surface area contributed by atoms with E-state index in [0.29, 0.717) is 6.54 Å². The van der Waals surface area contributed by atoms with E-state index in [1.54, 1.807) is 0 Å². The minimum absolute atomic E-state index is 0.664. The van der Waals surface area contributed by atoms with Crippen molar-refractivity contribution in [1.82, 2.24) is 4.90 Å². The lowest BCUT2D eigenvalue weighted by Crippen LogP contribution is -2.32. The molecule has 0 spiro atoms. The lowest BCUT2D eigenvalue weighted by molar-refractivity contribution is 0.295.